The third kappa shape index (κ3) is 4.69. The minimum absolute atomic E-state index is 0.0393. The minimum atomic E-state index is -2.92. The van der Waals surface area contributed by atoms with E-state index in [-0.39, 0.29) is 17.6 Å². The summed E-state index contributed by atoms with van der Waals surface area (Å²) in [5.41, 5.74) is 0. The number of likely N-dealkylation sites (tertiary alicyclic amines) is 2. The van der Waals surface area contributed by atoms with E-state index in [0.717, 1.165) is 38.8 Å². The van der Waals surface area contributed by atoms with Gasteiger partial charge in [-0.15, -0.1) is 0 Å². The van der Waals surface area contributed by atoms with Crippen LogP contribution in [-0.4, -0.2) is 67.9 Å². The summed E-state index contributed by atoms with van der Waals surface area (Å²) >= 11 is 0. The fourth-order valence-corrected chi connectivity index (χ4v) is 6.21. The zero-order valence-electron chi connectivity index (χ0n) is 14.1. The zero-order chi connectivity index (χ0) is 16.3. The second kappa shape index (κ2) is 7.51. The molecule has 3 aliphatic rings. The van der Waals surface area contributed by atoms with Gasteiger partial charge in [0.25, 0.3) is 0 Å². The van der Waals surface area contributed by atoms with Crippen LogP contribution in [0.2, 0.25) is 0 Å². The summed E-state index contributed by atoms with van der Waals surface area (Å²) in [4.78, 5) is 17.2. The number of hydrogen-bond acceptors (Lipinski definition) is 4. The van der Waals surface area contributed by atoms with Gasteiger partial charge in [0.05, 0.1) is 11.5 Å². The van der Waals surface area contributed by atoms with Crippen LogP contribution in [0.4, 0.5) is 0 Å². The van der Waals surface area contributed by atoms with Gasteiger partial charge in [0, 0.05) is 25.6 Å². The molecule has 0 spiro atoms. The molecule has 2 unspecified atom stereocenters. The lowest BCUT2D eigenvalue weighted by molar-refractivity contribution is -0.133. The first-order valence-electron chi connectivity index (χ1n) is 9.26. The topological polar surface area (TPSA) is 57.7 Å². The van der Waals surface area contributed by atoms with Crippen molar-refractivity contribution in [2.75, 3.05) is 37.7 Å². The van der Waals surface area contributed by atoms with Crippen LogP contribution < -0.4 is 0 Å². The quantitative estimate of drug-likeness (QED) is 0.780. The van der Waals surface area contributed by atoms with Crippen molar-refractivity contribution in [3.8, 4) is 0 Å². The fourth-order valence-electron chi connectivity index (χ4n) is 4.44. The van der Waals surface area contributed by atoms with Crippen LogP contribution in [0.3, 0.4) is 0 Å². The Morgan fingerprint density at radius 1 is 0.957 bits per heavy atom. The molecule has 0 aromatic rings. The monoisotopic (exact) mass is 342 g/mol. The van der Waals surface area contributed by atoms with Crippen LogP contribution in [0.25, 0.3) is 0 Å². The number of nitrogens with zero attached hydrogens (tertiary/aromatic N) is 2. The fraction of sp³-hybridized carbons (Fsp3) is 0.941. The molecule has 23 heavy (non-hydrogen) atoms. The largest absolute Gasteiger partial charge is 0.338 e. The van der Waals surface area contributed by atoms with E-state index < -0.39 is 9.84 Å². The summed E-state index contributed by atoms with van der Waals surface area (Å²) in [7, 11) is -2.92. The molecule has 3 fully saturated rings. The highest BCUT2D eigenvalue weighted by atomic mass is 32.2. The summed E-state index contributed by atoms with van der Waals surface area (Å²) in [5, 5.41) is 0. The van der Waals surface area contributed by atoms with Crippen LogP contribution >= 0.6 is 0 Å². The van der Waals surface area contributed by atoms with Crippen molar-refractivity contribution in [1.82, 2.24) is 9.80 Å². The molecule has 3 rings (SSSR count). The van der Waals surface area contributed by atoms with Gasteiger partial charge in [-0.2, -0.15) is 0 Å². The van der Waals surface area contributed by atoms with Gasteiger partial charge in [-0.3, -0.25) is 4.79 Å². The van der Waals surface area contributed by atoms with Gasteiger partial charge in [-0.25, -0.2) is 8.42 Å². The van der Waals surface area contributed by atoms with Crippen LogP contribution in [0, 0.1) is 5.92 Å². The van der Waals surface area contributed by atoms with Gasteiger partial charge >= 0.3 is 0 Å². The predicted molar refractivity (Wildman–Crippen MR) is 91.0 cm³/mol. The maximum Gasteiger partial charge on any atom is 0.223 e. The molecule has 6 heteroatoms. The first-order valence-corrected chi connectivity index (χ1v) is 11.1. The molecule has 0 aliphatic carbocycles. The van der Waals surface area contributed by atoms with Gasteiger partial charge in [0.2, 0.25) is 5.91 Å². The predicted octanol–water partition coefficient (Wildman–Crippen LogP) is 1.68. The van der Waals surface area contributed by atoms with Gasteiger partial charge in [-0.1, -0.05) is 6.42 Å². The van der Waals surface area contributed by atoms with Crippen molar-refractivity contribution in [3.63, 3.8) is 0 Å². The molecule has 0 aromatic heterocycles. The second-order valence-electron chi connectivity index (χ2n) is 7.57. The molecule has 132 valence electrons. The number of carbonyl (C=O) groups excluding carboxylic acids is 1. The molecule has 0 aromatic carbocycles. The summed E-state index contributed by atoms with van der Waals surface area (Å²) < 4.78 is 23.5. The number of rotatable bonds is 4. The number of carbonyl (C=O) groups is 1. The summed E-state index contributed by atoms with van der Waals surface area (Å²) in [6.07, 6.45) is 8.11. The van der Waals surface area contributed by atoms with Crippen LogP contribution in [0.5, 0.6) is 0 Å². The summed E-state index contributed by atoms with van der Waals surface area (Å²) in [6, 6.07) is 0.348. The van der Waals surface area contributed by atoms with E-state index in [2.05, 4.69) is 9.80 Å². The Labute approximate surface area is 140 Å². The third-order valence-electron chi connectivity index (χ3n) is 5.64. The van der Waals surface area contributed by atoms with E-state index in [4.69, 9.17) is 0 Å². The lowest BCUT2D eigenvalue weighted by Gasteiger charge is -2.33. The third-order valence-corrected chi connectivity index (χ3v) is 7.53. The maximum absolute atomic E-state index is 12.7. The Morgan fingerprint density at radius 2 is 1.74 bits per heavy atom. The molecule has 0 saturated carbocycles. The molecule has 0 N–H and O–H groups in total. The lowest BCUT2D eigenvalue weighted by Crippen LogP contribution is -2.45. The van der Waals surface area contributed by atoms with E-state index in [1.54, 1.807) is 0 Å². The van der Waals surface area contributed by atoms with Crippen molar-refractivity contribution in [2.45, 2.75) is 57.4 Å². The molecule has 0 radical (unpaired) electrons. The van der Waals surface area contributed by atoms with Crippen LogP contribution in [0.1, 0.15) is 51.4 Å². The average molecular weight is 343 g/mol. The molecule has 5 nitrogen and oxygen atoms in total. The first-order chi connectivity index (χ1) is 11.0. The number of amides is 1. The van der Waals surface area contributed by atoms with Gasteiger partial charge in [0.1, 0.15) is 0 Å². The highest BCUT2D eigenvalue weighted by Gasteiger charge is 2.33. The SMILES string of the molecule is O=C(CC1CCCS(=O)(=O)C1)N1CCCC1CN1CCCCC1. The van der Waals surface area contributed by atoms with Crippen molar-refractivity contribution in [3.05, 3.63) is 0 Å². The molecule has 3 saturated heterocycles. The summed E-state index contributed by atoms with van der Waals surface area (Å²) in [5.74, 6) is 0.742. The molecular formula is C17H30N2O3S. The Balaban J connectivity index is 1.53. The number of sulfone groups is 1. The first kappa shape index (κ1) is 17.2. The van der Waals surface area contributed by atoms with E-state index in [0.29, 0.717) is 18.2 Å². The van der Waals surface area contributed by atoms with E-state index in [9.17, 15) is 13.2 Å². The molecular weight excluding hydrogens is 312 g/mol. The molecule has 2 atom stereocenters. The Bertz CT molecular complexity index is 514. The highest BCUT2D eigenvalue weighted by molar-refractivity contribution is 7.91. The second-order valence-corrected chi connectivity index (χ2v) is 9.80. The smallest absolute Gasteiger partial charge is 0.223 e. The Morgan fingerprint density at radius 3 is 2.48 bits per heavy atom. The van der Waals surface area contributed by atoms with Gasteiger partial charge in [0.15, 0.2) is 9.84 Å². The van der Waals surface area contributed by atoms with Crippen molar-refractivity contribution < 1.29 is 13.2 Å². The van der Waals surface area contributed by atoms with E-state index >= 15 is 0 Å². The van der Waals surface area contributed by atoms with Crippen molar-refractivity contribution >= 4 is 15.7 Å². The Hall–Kier alpha value is -0.620. The molecule has 3 heterocycles. The maximum atomic E-state index is 12.7. The Kier molecular flexibility index (Phi) is 5.62. The molecule has 0 bridgehead atoms. The average Bonchev–Trinajstić information content (AvgIpc) is 2.95. The van der Waals surface area contributed by atoms with E-state index in [1.165, 1.54) is 32.4 Å². The van der Waals surface area contributed by atoms with Crippen LogP contribution in [-0.2, 0) is 14.6 Å². The van der Waals surface area contributed by atoms with Crippen molar-refractivity contribution in [2.24, 2.45) is 5.92 Å². The normalized spacial score (nSPS) is 32.1. The van der Waals surface area contributed by atoms with E-state index in [1.807, 2.05) is 0 Å². The van der Waals surface area contributed by atoms with Gasteiger partial charge < -0.3 is 9.80 Å². The van der Waals surface area contributed by atoms with Gasteiger partial charge in [-0.05, 0) is 57.5 Å². The number of hydrogen-bond donors (Lipinski definition) is 0. The molecule has 1 amide bonds. The standard InChI is InChI=1S/C17H30N2O3S/c20-17(12-15-6-5-11-23(21,22)14-15)19-10-4-7-16(19)13-18-8-2-1-3-9-18/h15-16H,1-14H2. The van der Waals surface area contributed by atoms with Crippen molar-refractivity contribution in [1.29, 1.82) is 0 Å². The molecule has 3 aliphatic heterocycles. The number of piperidine rings is 1. The minimum Gasteiger partial charge on any atom is -0.338 e. The lowest BCUT2D eigenvalue weighted by atomic mass is 10.0. The van der Waals surface area contributed by atoms with Crippen LogP contribution in [0.15, 0.2) is 0 Å². The highest BCUT2D eigenvalue weighted by Crippen LogP contribution is 2.26. The summed E-state index contributed by atoms with van der Waals surface area (Å²) in [6.45, 7) is 4.20. The zero-order valence-corrected chi connectivity index (χ0v) is 14.9.